The van der Waals surface area contributed by atoms with Gasteiger partial charge in [-0.15, -0.1) is 11.8 Å². The van der Waals surface area contributed by atoms with Crippen LogP contribution in [0.4, 0.5) is 10.1 Å². The lowest BCUT2D eigenvalue weighted by molar-refractivity contribution is 0.629. The van der Waals surface area contributed by atoms with Crippen molar-refractivity contribution in [3.05, 3.63) is 24.0 Å². The standard InChI is InChI=1S/C7H8FNS/c1-10-6-4-2-3-5(8)7(6)9/h2-4H,9H2,1H3. The van der Waals surface area contributed by atoms with E-state index in [0.29, 0.717) is 0 Å². The lowest BCUT2D eigenvalue weighted by Crippen LogP contribution is -1.91. The molecule has 0 aliphatic rings. The Morgan fingerprint density at radius 1 is 1.50 bits per heavy atom. The van der Waals surface area contributed by atoms with Gasteiger partial charge in [0.15, 0.2) is 0 Å². The number of hydrogen-bond donors (Lipinski definition) is 1. The number of hydrogen-bond acceptors (Lipinski definition) is 2. The number of nitrogens with two attached hydrogens (primary N) is 1. The number of benzene rings is 1. The van der Waals surface area contributed by atoms with Crippen LogP contribution < -0.4 is 5.73 Å². The summed E-state index contributed by atoms with van der Waals surface area (Å²) in [6.07, 6.45) is 1.87. The monoisotopic (exact) mass is 157 g/mol. The van der Waals surface area contributed by atoms with Crippen molar-refractivity contribution in [1.82, 2.24) is 0 Å². The third kappa shape index (κ3) is 1.24. The summed E-state index contributed by atoms with van der Waals surface area (Å²) in [5.41, 5.74) is 5.64. The highest BCUT2D eigenvalue weighted by Gasteiger charge is 2.00. The Balaban J connectivity index is 3.14. The second-order valence-electron chi connectivity index (χ2n) is 1.86. The maximum Gasteiger partial charge on any atom is 0.147 e. The van der Waals surface area contributed by atoms with Gasteiger partial charge in [0.25, 0.3) is 0 Å². The zero-order valence-electron chi connectivity index (χ0n) is 5.60. The number of anilines is 1. The molecule has 0 atom stereocenters. The van der Waals surface area contributed by atoms with Gasteiger partial charge in [-0.05, 0) is 18.4 Å². The molecule has 0 aliphatic heterocycles. The maximum atomic E-state index is 12.6. The first-order chi connectivity index (χ1) is 4.75. The molecule has 0 radical (unpaired) electrons. The van der Waals surface area contributed by atoms with E-state index in [9.17, 15) is 4.39 Å². The van der Waals surface area contributed by atoms with Crippen molar-refractivity contribution in [3.63, 3.8) is 0 Å². The predicted octanol–water partition coefficient (Wildman–Crippen LogP) is 2.13. The molecule has 0 saturated heterocycles. The fourth-order valence-corrected chi connectivity index (χ4v) is 1.23. The number of nitrogen functional groups attached to an aromatic ring is 1. The van der Waals surface area contributed by atoms with Crippen LogP contribution in [0.15, 0.2) is 23.1 Å². The molecule has 0 heterocycles. The molecule has 3 heteroatoms. The van der Waals surface area contributed by atoms with Gasteiger partial charge < -0.3 is 5.73 Å². The highest BCUT2D eigenvalue weighted by molar-refractivity contribution is 7.98. The molecule has 1 rings (SSSR count). The molecule has 0 bridgehead atoms. The molecular formula is C7H8FNS. The minimum atomic E-state index is -0.341. The summed E-state index contributed by atoms with van der Waals surface area (Å²) in [6.45, 7) is 0. The Morgan fingerprint density at radius 3 is 2.70 bits per heavy atom. The van der Waals surface area contributed by atoms with Crippen molar-refractivity contribution in [1.29, 1.82) is 0 Å². The molecule has 0 aliphatic carbocycles. The summed E-state index contributed by atoms with van der Waals surface area (Å²) in [4.78, 5) is 0.792. The fourth-order valence-electron chi connectivity index (χ4n) is 0.695. The number of para-hydroxylation sites is 1. The van der Waals surface area contributed by atoms with Crippen LogP contribution in [0.3, 0.4) is 0 Å². The largest absolute Gasteiger partial charge is 0.395 e. The second-order valence-corrected chi connectivity index (χ2v) is 2.70. The smallest absolute Gasteiger partial charge is 0.147 e. The molecule has 0 amide bonds. The van der Waals surface area contributed by atoms with Gasteiger partial charge in [0.1, 0.15) is 5.82 Å². The third-order valence-electron chi connectivity index (χ3n) is 1.23. The van der Waals surface area contributed by atoms with E-state index < -0.39 is 0 Å². The quantitative estimate of drug-likeness (QED) is 0.499. The number of halogens is 1. The molecule has 0 saturated carbocycles. The minimum absolute atomic E-state index is 0.245. The molecule has 1 aromatic carbocycles. The van der Waals surface area contributed by atoms with Gasteiger partial charge >= 0.3 is 0 Å². The lowest BCUT2D eigenvalue weighted by atomic mass is 10.3. The third-order valence-corrected chi connectivity index (χ3v) is 2.03. The average molecular weight is 157 g/mol. The molecule has 1 aromatic rings. The van der Waals surface area contributed by atoms with Gasteiger partial charge in [-0.1, -0.05) is 6.07 Å². The zero-order chi connectivity index (χ0) is 7.56. The highest BCUT2D eigenvalue weighted by Crippen LogP contribution is 2.24. The summed E-state index contributed by atoms with van der Waals surface area (Å²) in [5.74, 6) is -0.341. The van der Waals surface area contributed by atoms with E-state index in [0.717, 1.165) is 4.90 Å². The molecule has 1 nitrogen and oxygen atoms in total. The van der Waals surface area contributed by atoms with E-state index in [-0.39, 0.29) is 11.5 Å². The average Bonchev–Trinajstić information content (AvgIpc) is 1.95. The highest BCUT2D eigenvalue weighted by atomic mass is 32.2. The summed E-state index contributed by atoms with van der Waals surface area (Å²) in [6, 6.07) is 4.80. The maximum absolute atomic E-state index is 12.6. The van der Waals surface area contributed by atoms with Crippen LogP contribution in [0.1, 0.15) is 0 Å². The van der Waals surface area contributed by atoms with E-state index in [2.05, 4.69) is 0 Å². The summed E-state index contributed by atoms with van der Waals surface area (Å²) in [7, 11) is 0. The molecule has 54 valence electrons. The Bertz CT molecular complexity index is 237. The van der Waals surface area contributed by atoms with Crippen LogP contribution in [-0.2, 0) is 0 Å². The normalized spacial score (nSPS) is 9.80. The summed E-state index contributed by atoms with van der Waals surface area (Å²) < 4.78 is 12.6. The molecule has 0 unspecified atom stereocenters. The van der Waals surface area contributed by atoms with Crippen LogP contribution in [0.25, 0.3) is 0 Å². The molecule has 0 aromatic heterocycles. The van der Waals surface area contributed by atoms with Gasteiger partial charge in [0.2, 0.25) is 0 Å². The van der Waals surface area contributed by atoms with E-state index in [1.807, 2.05) is 6.26 Å². The molecule has 10 heavy (non-hydrogen) atoms. The minimum Gasteiger partial charge on any atom is -0.395 e. The van der Waals surface area contributed by atoms with Crippen molar-refractivity contribution < 1.29 is 4.39 Å². The zero-order valence-corrected chi connectivity index (χ0v) is 6.41. The van der Waals surface area contributed by atoms with Crippen LogP contribution in [0, 0.1) is 5.82 Å². The van der Waals surface area contributed by atoms with E-state index in [1.54, 1.807) is 12.1 Å². The van der Waals surface area contributed by atoms with Crippen molar-refractivity contribution in [2.75, 3.05) is 12.0 Å². The topological polar surface area (TPSA) is 26.0 Å². The van der Waals surface area contributed by atoms with Crippen molar-refractivity contribution in [3.8, 4) is 0 Å². The first-order valence-corrected chi connectivity index (χ1v) is 4.06. The first kappa shape index (κ1) is 7.41. The number of rotatable bonds is 1. The lowest BCUT2D eigenvalue weighted by Gasteiger charge is -2.00. The van der Waals surface area contributed by atoms with Crippen LogP contribution in [0.5, 0.6) is 0 Å². The van der Waals surface area contributed by atoms with Gasteiger partial charge in [-0.2, -0.15) is 0 Å². The van der Waals surface area contributed by atoms with Crippen LogP contribution in [-0.4, -0.2) is 6.26 Å². The number of thioether (sulfide) groups is 1. The molecule has 2 N–H and O–H groups in total. The van der Waals surface area contributed by atoms with Crippen molar-refractivity contribution >= 4 is 17.4 Å². The van der Waals surface area contributed by atoms with E-state index in [4.69, 9.17) is 5.73 Å². The molecule has 0 fully saturated rings. The summed E-state index contributed by atoms with van der Waals surface area (Å²) >= 11 is 1.44. The van der Waals surface area contributed by atoms with Crippen molar-refractivity contribution in [2.45, 2.75) is 4.90 Å². The van der Waals surface area contributed by atoms with Crippen LogP contribution >= 0.6 is 11.8 Å². The van der Waals surface area contributed by atoms with Gasteiger partial charge in [-0.25, -0.2) is 4.39 Å². The Hall–Kier alpha value is -0.700. The summed E-state index contributed by atoms with van der Waals surface area (Å²) in [5, 5.41) is 0. The Labute approximate surface area is 63.4 Å². The van der Waals surface area contributed by atoms with Crippen molar-refractivity contribution in [2.24, 2.45) is 0 Å². The van der Waals surface area contributed by atoms with Gasteiger partial charge in [-0.3, -0.25) is 0 Å². The van der Waals surface area contributed by atoms with Gasteiger partial charge in [0.05, 0.1) is 5.69 Å². The van der Waals surface area contributed by atoms with E-state index in [1.165, 1.54) is 17.8 Å². The van der Waals surface area contributed by atoms with Gasteiger partial charge in [0, 0.05) is 4.90 Å². The second kappa shape index (κ2) is 2.92. The first-order valence-electron chi connectivity index (χ1n) is 2.83. The Morgan fingerprint density at radius 2 is 2.20 bits per heavy atom. The van der Waals surface area contributed by atoms with E-state index >= 15 is 0 Å². The SMILES string of the molecule is CSc1cccc(F)c1N. The Kier molecular flexibility index (Phi) is 2.17. The molecule has 0 spiro atoms. The predicted molar refractivity (Wildman–Crippen MR) is 42.6 cm³/mol. The fraction of sp³-hybridized carbons (Fsp3) is 0.143. The van der Waals surface area contributed by atoms with Crippen LogP contribution in [0.2, 0.25) is 0 Å². The molecular weight excluding hydrogens is 149 g/mol.